The Hall–Kier alpha value is -1.29. The molecule has 4 heteroatoms. The van der Waals surface area contributed by atoms with Crippen molar-refractivity contribution in [3.63, 3.8) is 0 Å². The highest BCUT2D eigenvalue weighted by Gasteiger charge is 2.41. The summed E-state index contributed by atoms with van der Waals surface area (Å²) in [6.07, 6.45) is 1.93. The van der Waals surface area contributed by atoms with Gasteiger partial charge in [-0.1, -0.05) is 30.0 Å². The van der Waals surface area contributed by atoms with Gasteiger partial charge in [-0.15, -0.1) is 0 Å². The van der Waals surface area contributed by atoms with Gasteiger partial charge in [0.1, 0.15) is 5.54 Å². The molecule has 1 aliphatic rings. The molecule has 0 N–H and O–H groups in total. The van der Waals surface area contributed by atoms with Crippen LogP contribution in [0.15, 0.2) is 35.3 Å². The predicted molar refractivity (Wildman–Crippen MR) is 69.0 cm³/mol. The minimum absolute atomic E-state index is 0.0306. The van der Waals surface area contributed by atoms with Crippen LogP contribution >= 0.6 is 11.8 Å². The molecule has 16 heavy (non-hydrogen) atoms. The fraction of sp³-hybridized carbons (Fsp3) is 0.333. The van der Waals surface area contributed by atoms with Gasteiger partial charge in [0.05, 0.1) is 5.69 Å². The van der Waals surface area contributed by atoms with Crippen LogP contribution in [0.5, 0.6) is 0 Å². The van der Waals surface area contributed by atoms with Gasteiger partial charge in [0.2, 0.25) is 0 Å². The van der Waals surface area contributed by atoms with Crippen molar-refractivity contribution in [3.05, 3.63) is 30.3 Å². The number of thioether (sulfide) groups is 1. The SMILES string of the molecule is CSC1=NC(C)(C)C(=O)N1c1ccccc1. The molecular formula is C12H14N2OS. The normalized spacial score (nSPS) is 18.8. The molecule has 2 rings (SSSR count). The number of para-hydroxylation sites is 1. The van der Waals surface area contributed by atoms with Crippen LogP contribution in [0.4, 0.5) is 5.69 Å². The topological polar surface area (TPSA) is 32.7 Å². The van der Waals surface area contributed by atoms with E-state index in [9.17, 15) is 4.79 Å². The van der Waals surface area contributed by atoms with Crippen molar-refractivity contribution in [1.82, 2.24) is 0 Å². The number of nitrogens with zero attached hydrogens (tertiary/aromatic N) is 2. The number of hydrogen-bond acceptors (Lipinski definition) is 3. The summed E-state index contributed by atoms with van der Waals surface area (Å²) in [6, 6.07) is 9.62. The monoisotopic (exact) mass is 234 g/mol. The van der Waals surface area contributed by atoms with E-state index in [1.165, 1.54) is 11.8 Å². The summed E-state index contributed by atoms with van der Waals surface area (Å²) in [6.45, 7) is 3.68. The second kappa shape index (κ2) is 3.94. The molecule has 0 fully saturated rings. The Bertz CT molecular complexity index is 440. The summed E-state index contributed by atoms with van der Waals surface area (Å²) in [5, 5.41) is 0.765. The molecule has 3 nitrogen and oxygen atoms in total. The molecule has 0 saturated heterocycles. The largest absolute Gasteiger partial charge is 0.271 e. The van der Waals surface area contributed by atoms with Crippen molar-refractivity contribution in [1.29, 1.82) is 0 Å². The maximum Gasteiger partial charge on any atom is 0.260 e. The molecule has 1 aliphatic heterocycles. The standard InChI is InChI=1S/C12H14N2OS/c1-12(2)10(15)14(11(13-12)16-3)9-7-5-4-6-8-9/h4-8H,1-3H3. The number of carbonyl (C=O) groups excluding carboxylic acids is 1. The van der Waals surface area contributed by atoms with Gasteiger partial charge < -0.3 is 0 Å². The highest BCUT2D eigenvalue weighted by atomic mass is 32.2. The number of carbonyl (C=O) groups is 1. The first-order chi connectivity index (χ1) is 7.56. The first-order valence-corrected chi connectivity index (χ1v) is 6.32. The van der Waals surface area contributed by atoms with Gasteiger partial charge in [-0.05, 0) is 32.2 Å². The molecule has 0 spiro atoms. The molecule has 0 aromatic heterocycles. The van der Waals surface area contributed by atoms with Gasteiger partial charge in [-0.2, -0.15) is 0 Å². The summed E-state index contributed by atoms with van der Waals surface area (Å²) >= 11 is 1.50. The fourth-order valence-electron chi connectivity index (χ4n) is 1.64. The van der Waals surface area contributed by atoms with Gasteiger partial charge in [0.25, 0.3) is 5.91 Å². The number of amides is 1. The number of anilines is 1. The lowest BCUT2D eigenvalue weighted by Gasteiger charge is -2.19. The Morgan fingerprint density at radius 3 is 2.44 bits per heavy atom. The van der Waals surface area contributed by atoms with Crippen molar-refractivity contribution in [2.45, 2.75) is 19.4 Å². The molecule has 1 aromatic carbocycles. The highest BCUT2D eigenvalue weighted by Crippen LogP contribution is 2.30. The van der Waals surface area contributed by atoms with Gasteiger partial charge in [-0.25, -0.2) is 4.99 Å². The van der Waals surface area contributed by atoms with Gasteiger partial charge >= 0.3 is 0 Å². The Morgan fingerprint density at radius 1 is 1.25 bits per heavy atom. The highest BCUT2D eigenvalue weighted by molar-refractivity contribution is 8.13. The van der Waals surface area contributed by atoms with Crippen LogP contribution in [-0.2, 0) is 4.79 Å². The minimum atomic E-state index is -0.645. The first kappa shape index (κ1) is 11.2. The second-order valence-electron chi connectivity index (χ2n) is 4.13. The maximum absolute atomic E-state index is 12.2. The van der Waals surface area contributed by atoms with Crippen LogP contribution in [0.1, 0.15) is 13.8 Å². The third-order valence-electron chi connectivity index (χ3n) is 2.49. The Labute approximate surface area is 99.6 Å². The van der Waals surface area contributed by atoms with Gasteiger partial charge in [0.15, 0.2) is 5.17 Å². The van der Waals surface area contributed by atoms with Crippen LogP contribution in [0.3, 0.4) is 0 Å². The first-order valence-electron chi connectivity index (χ1n) is 5.10. The van der Waals surface area contributed by atoms with E-state index in [2.05, 4.69) is 4.99 Å². The van der Waals surface area contributed by atoms with Gasteiger partial charge in [0, 0.05) is 0 Å². The van der Waals surface area contributed by atoms with Crippen molar-refractivity contribution >= 4 is 28.5 Å². The number of aliphatic imine (C=N–C) groups is 1. The average Bonchev–Trinajstić information content (AvgIpc) is 2.51. The van der Waals surface area contributed by atoms with E-state index in [1.807, 2.05) is 50.4 Å². The van der Waals surface area contributed by atoms with E-state index in [0.717, 1.165) is 10.9 Å². The molecule has 1 aromatic rings. The minimum Gasteiger partial charge on any atom is -0.271 e. The molecule has 0 saturated carbocycles. The van der Waals surface area contributed by atoms with Crippen LogP contribution in [-0.4, -0.2) is 22.9 Å². The lowest BCUT2D eigenvalue weighted by atomic mass is 10.1. The zero-order valence-corrected chi connectivity index (χ0v) is 10.4. The number of amidine groups is 1. The average molecular weight is 234 g/mol. The molecule has 0 bridgehead atoms. The van der Waals surface area contributed by atoms with Gasteiger partial charge in [-0.3, -0.25) is 9.69 Å². The zero-order chi connectivity index (χ0) is 11.8. The maximum atomic E-state index is 12.2. The van der Waals surface area contributed by atoms with Crippen LogP contribution in [0.2, 0.25) is 0 Å². The quantitative estimate of drug-likeness (QED) is 0.748. The van der Waals surface area contributed by atoms with Crippen molar-refractivity contribution in [3.8, 4) is 0 Å². The van der Waals surface area contributed by atoms with E-state index >= 15 is 0 Å². The summed E-state index contributed by atoms with van der Waals surface area (Å²) in [5.41, 5.74) is 0.236. The zero-order valence-electron chi connectivity index (χ0n) is 9.60. The van der Waals surface area contributed by atoms with Crippen LogP contribution in [0.25, 0.3) is 0 Å². The summed E-state index contributed by atoms with van der Waals surface area (Å²) in [4.78, 5) is 18.3. The van der Waals surface area contributed by atoms with Crippen molar-refractivity contribution in [2.24, 2.45) is 4.99 Å². The Morgan fingerprint density at radius 2 is 1.88 bits per heavy atom. The van der Waals surface area contributed by atoms with Crippen LogP contribution in [0, 0.1) is 0 Å². The molecule has 0 radical (unpaired) electrons. The third kappa shape index (κ3) is 1.73. The third-order valence-corrected chi connectivity index (χ3v) is 3.13. The Kier molecular flexibility index (Phi) is 2.76. The molecule has 0 atom stereocenters. The number of hydrogen-bond donors (Lipinski definition) is 0. The van der Waals surface area contributed by atoms with E-state index in [4.69, 9.17) is 0 Å². The molecule has 0 unspecified atom stereocenters. The Balaban J connectivity index is 2.43. The number of rotatable bonds is 1. The lowest BCUT2D eigenvalue weighted by molar-refractivity contribution is -0.120. The molecule has 1 amide bonds. The van der Waals surface area contributed by atoms with Crippen molar-refractivity contribution in [2.75, 3.05) is 11.2 Å². The lowest BCUT2D eigenvalue weighted by Crippen LogP contribution is -2.38. The molecule has 84 valence electrons. The number of benzene rings is 1. The summed E-state index contributed by atoms with van der Waals surface area (Å²) < 4.78 is 0. The summed E-state index contributed by atoms with van der Waals surface area (Å²) in [5.74, 6) is 0.0306. The second-order valence-corrected chi connectivity index (χ2v) is 4.91. The molecule has 1 heterocycles. The van der Waals surface area contributed by atoms with Crippen molar-refractivity contribution < 1.29 is 4.79 Å². The predicted octanol–water partition coefficient (Wildman–Crippen LogP) is 2.53. The van der Waals surface area contributed by atoms with E-state index < -0.39 is 5.54 Å². The van der Waals surface area contributed by atoms with E-state index in [-0.39, 0.29) is 5.91 Å². The molecular weight excluding hydrogens is 220 g/mol. The molecule has 0 aliphatic carbocycles. The van der Waals surface area contributed by atoms with Crippen LogP contribution < -0.4 is 4.90 Å². The fourth-order valence-corrected chi connectivity index (χ4v) is 2.33. The smallest absolute Gasteiger partial charge is 0.260 e. The summed E-state index contributed by atoms with van der Waals surface area (Å²) in [7, 11) is 0. The van der Waals surface area contributed by atoms with E-state index in [0.29, 0.717) is 0 Å². The van der Waals surface area contributed by atoms with E-state index in [1.54, 1.807) is 4.90 Å².